The van der Waals surface area contributed by atoms with Gasteiger partial charge in [-0.3, -0.25) is 0 Å². The number of hydrogen-bond acceptors (Lipinski definition) is 4. The summed E-state index contributed by atoms with van der Waals surface area (Å²) in [6, 6.07) is 8.07. The fourth-order valence-corrected chi connectivity index (χ4v) is 1.53. The van der Waals surface area contributed by atoms with E-state index in [1.54, 1.807) is 36.7 Å². The number of hydrogen-bond donors (Lipinski definition) is 2. The predicted octanol–water partition coefficient (Wildman–Crippen LogP) is 2.02. The highest BCUT2D eigenvalue weighted by Crippen LogP contribution is 2.17. The van der Waals surface area contributed by atoms with Crippen molar-refractivity contribution < 1.29 is 9.90 Å². The molecule has 0 aliphatic heterocycles. The summed E-state index contributed by atoms with van der Waals surface area (Å²) in [6.45, 7) is 1.87. The molecule has 0 saturated carbocycles. The van der Waals surface area contributed by atoms with E-state index in [1.165, 1.54) is 0 Å². The predicted molar refractivity (Wildman–Crippen MR) is 67.2 cm³/mol. The van der Waals surface area contributed by atoms with Crippen LogP contribution >= 0.6 is 0 Å². The smallest absolute Gasteiger partial charge is 0.330 e. The number of rotatable bonds is 4. The lowest BCUT2D eigenvalue weighted by molar-refractivity contribution is -0.138. The Hall–Kier alpha value is -2.43. The summed E-state index contributed by atoms with van der Waals surface area (Å²) in [4.78, 5) is 19.3. The number of benzene rings is 1. The molecule has 5 heteroatoms. The van der Waals surface area contributed by atoms with E-state index in [0.29, 0.717) is 11.5 Å². The van der Waals surface area contributed by atoms with E-state index >= 15 is 0 Å². The van der Waals surface area contributed by atoms with Gasteiger partial charge in [-0.25, -0.2) is 14.8 Å². The Morgan fingerprint density at radius 3 is 2.39 bits per heavy atom. The van der Waals surface area contributed by atoms with Crippen molar-refractivity contribution >= 4 is 11.9 Å². The largest absolute Gasteiger partial charge is 0.479 e. The number of nitrogens with zero attached hydrogens (tertiary/aromatic N) is 2. The number of carboxylic acid groups (broad SMARTS) is 1. The minimum Gasteiger partial charge on any atom is -0.479 e. The molecule has 2 rings (SSSR count). The lowest BCUT2D eigenvalue weighted by atomic mass is 10.1. The van der Waals surface area contributed by atoms with Crippen molar-refractivity contribution in [3.8, 4) is 0 Å². The molecule has 1 unspecified atom stereocenters. The molecule has 0 aliphatic rings. The Balaban J connectivity index is 2.22. The van der Waals surface area contributed by atoms with Gasteiger partial charge in [0.1, 0.15) is 0 Å². The van der Waals surface area contributed by atoms with E-state index in [2.05, 4.69) is 15.3 Å². The highest BCUT2D eigenvalue weighted by atomic mass is 16.4. The first-order valence-corrected chi connectivity index (χ1v) is 5.50. The number of carboxylic acids is 1. The summed E-state index contributed by atoms with van der Waals surface area (Å²) in [5.74, 6) is -0.665. The van der Waals surface area contributed by atoms with Gasteiger partial charge >= 0.3 is 5.97 Å². The minimum absolute atomic E-state index is 0.303. The number of carbonyl (C=O) groups is 1. The summed E-state index contributed by atoms with van der Waals surface area (Å²) < 4.78 is 0. The second-order valence-electron chi connectivity index (χ2n) is 3.91. The molecular formula is C13H13N3O2. The highest BCUT2D eigenvalue weighted by molar-refractivity contribution is 5.78. The molecule has 1 heterocycles. The first kappa shape index (κ1) is 12.0. The molecule has 1 aromatic carbocycles. The molecule has 2 aromatic rings. The Kier molecular flexibility index (Phi) is 3.52. The molecule has 1 aromatic heterocycles. The molecule has 0 amide bonds. The number of aryl methyl sites for hydroxylation is 1. The second-order valence-corrected chi connectivity index (χ2v) is 3.91. The van der Waals surface area contributed by atoms with Crippen LogP contribution < -0.4 is 5.32 Å². The van der Waals surface area contributed by atoms with Crippen LogP contribution in [-0.2, 0) is 4.79 Å². The molecule has 1 atom stereocenters. The van der Waals surface area contributed by atoms with Gasteiger partial charge in [0.25, 0.3) is 0 Å². The van der Waals surface area contributed by atoms with E-state index in [4.69, 9.17) is 0 Å². The first-order valence-electron chi connectivity index (χ1n) is 5.50. The van der Waals surface area contributed by atoms with Crippen LogP contribution in [-0.4, -0.2) is 21.0 Å². The van der Waals surface area contributed by atoms with Gasteiger partial charge in [-0.1, -0.05) is 30.3 Å². The highest BCUT2D eigenvalue weighted by Gasteiger charge is 2.20. The van der Waals surface area contributed by atoms with Crippen molar-refractivity contribution in [2.24, 2.45) is 0 Å². The summed E-state index contributed by atoms with van der Waals surface area (Å²) in [5, 5.41) is 12.0. The molecule has 18 heavy (non-hydrogen) atoms. The molecule has 2 N–H and O–H groups in total. The van der Waals surface area contributed by atoms with E-state index < -0.39 is 12.0 Å². The summed E-state index contributed by atoms with van der Waals surface area (Å²) in [7, 11) is 0. The van der Waals surface area contributed by atoms with Crippen LogP contribution in [0.1, 0.15) is 17.2 Å². The van der Waals surface area contributed by atoms with Crippen molar-refractivity contribution in [2.45, 2.75) is 13.0 Å². The summed E-state index contributed by atoms with van der Waals surface area (Å²) in [6.07, 6.45) is 3.28. The van der Waals surface area contributed by atoms with Gasteiger partial charge in [-0.2, -0.15) is 0 Å². The van der Waals surface area contributed by atoms with Crippen molar-refractivity contribution in [1.29, 1.82) is 0 Å². The van der Waals surface area contributed by atoms with E-state index in [-0.39, 0.29) is 0 Å². The van der Waals surface area contributed by atoms with Crippen molar-refractivity contribution in [3.63, 3.8) is 0 Å². The maximum Gasteiger partial charge on any atom is 0.330 e. The van der Waals surface area contributed by atoms with Gasteiger partial charge in [-0.05, 0) is 18.1 Å². The fraction of sp³-hybridized carbons (Fsp3) is 0.154. The van der Waals surface area contributed by atoms with Crippen LogP contribution in [0.15, 0.2) is 42.7 Å². The number of aliphatic carboxylic acids is 1. The molecule has 92 valence electrons. The molecular weight excluding hydrogens is 230 g/mol. The van der Waals surface area contributed by atoms with Gasteiger partial charge in [0.05, 0.1) is 0 Å². The van der Waals surface area contributed by atoms with Crippen molar-refractivity contribution in [1.82, 2.24) is 9.97 Å². The van der Waals surface area contributed by atoms with Crippen LogP contribution in [0.3, 0.4) is 0 Å². The normalized spacial score (nSPS) is 11.8. The third-order valence-corrected chi connectivity index (χ3v) is 2.43. The van der Waals surface area contributed by atoms with Crippen LogP contribution in [0.25, 0.3) is 0 Å². The van der Waals surface area contributed by atoms with Crippen LogP contribution in [0, 0.1) is 6.92 Å². The Bertz CT molecular complexity index is 526. The van der Waals surface area contributed by atoms with Gasteiger partial charge in [-0.15, -0.1) is 0 Å². The standard InChI is InChI=1S/C13H13N3O2/c1-9-7-14-13(15-8-9)16-11(12(17)18)10-5-3-2-4-6-10/h2-8,11H,1H3,(H,17,18)(H,14,15,16). The third kappa shape index (κ3) is 2.82. The van der Waals surface area contributed by atoms with Gasteiger partial charge in [0, 0.05) is 12.4 Å². The van der Waals surface area contributed by atoms with Gasteiger partial charge in [0.15, 0.2) is 6.04 Å². The van der Waals surface area contributed by atoms with E-state index in [9.17, 15) is 9.90 Å². The van der Waals surface area contributed by atoms with E-state index in [0.717, 1.165) is 5.56 Å². The maximum atomic E-state index is 11.3. The lowest BCUT2D eigenvalue weighted by Gasteiger charge is -2.14. The quantitative estimate of drug-likeness (QED) is 0.859. The molecule has 0 bridgehead atoms. The zero-order valence-corrected chi connectivity index (χ0v) is 9.87. The average Bonchev–Trinajstić information content (AvgIpc) is 2.38. The Morgan fingerprint density at radius 2 is 1.83 bits per heavy atom. The van der Waals surface area contributed by atoms with Gasteiger partial charge in [0.2, 0.25) is 5.95 Å². The monoisotopic (exact) mass is 243 g/mol. The topological polar surface area (TPSA) is 75.1 Å². The number of nitrogens with one attached hydrogen (secondary N) is 1. The molecule has 0 spiro atoms. The first-order chi connectivity index (χ1) is 8.66. The Morgan fingerprint density at radius 1 is 1.22 bits per heavy atom. The van der Waals surface area contributed by atoms with Crippen molar-refractivity contribution in [3.05, 3.63) is 53.9 Å². The zero-order valence-electron chi connectivity index (χ0n) is 9.87. The number of anilines is 1. The SMILES string of the molecule is Cc1cnc(NC(C(=O)O)c2ccccc2)nc1. The number of aromatic nitrogens is 2. The maximum absolute atomic E-state index is 11.3. The van der Waals surface area contributed by atoms with Crippen LogP contribution in [0.4, 0.5) is 5.95 Å². The third-order valence-electron chi connectivity index (χ3n) is 2.43. The second kappa shape index (κ2) is 5.27. The molecule has 0 fully saturated rings. The van der Waals surface area contributed by atoms with Gasteiger partial charge < -0.3 is 10.4 Å². The average molecular weight is 243 g/mol. The Labute approximate surface area is 105 Å². The molecule has 0 aliphatic carbocycles. The van der Waals surface area contributed by atoms with Crippen LogP contribution in [0.2, 0.25) is 0 Å². The molecule has 5 nitrogen and oxygen atoms in total. The minimum atomic E-state index is -0.967. The molecule has 0 saturated heterocycles. The van der Waals surface area contributed by atoms with Crippen molar-refractivity contribution in [2.75, 3.05) is 5.32 Å². The summed E-state index contributed by atoms with van der Waals surface area (Å²) in [5.41, 5.74) is 1.58. The van der Waals surface area contributed by atoms with Crippen LogP contribution in [0.5, 0.6) is 0 Å². The zero-order chi connectivity index (χ0) is 13.0. The fourth-order valence-electron chi connectivity index (χ4n) is 1.53. The van der Waals surface area contributed by atoms with E-state index in [1.807, 2.05) is 13.0 Å². The molecule has 0 radical (unpaired) electrons. The lowest BCUT2D eigenvalue weighted by Crippen LogP contribution is -2.21. The summed E-state index contributed by atoms with van der Waals surface area (Å²) >= 11 is 0.